The monoisotopic (exact) mass is 542 g/mol. The lowest BCUT2D eigenvalue weighted by molar-refractivity contribution is -0.137. The number of hydrogen-bond acceptors (Lipinski definition) is 7. The maximum atomic E-state index is 13.2. The number of aromatic nitrogens is 2. The van der Waals surface area contributed by atoms with Crippen molar-refractivity contribution in [2.75, 3.05) is 42.3 Å². The number of ether oxygens (including phenoxy) is 1. The van der Waals surface area contributed by atoms with E-state index in [1.54, 1.807) is 12.1 Å². The molecule has 0 spiro atoms. The highest BCUT2D eigenvalue weighted by atomic mass is 79.9. The van der Waals surface area contributed by atoms with Gasteiger partial charge in [-0.2, -0.15) is 13.2 Å². The summed E-state index contributed by atoms with van der Waals surface area (Å²) in [4.78, 5) is 14.4. The van der Waals surface area contributed by atoms with Crippen molar-refractivity contribution < 1.29 is 27.1 Å². The number of nitrogens with one attached hydrogen (secondary N) is 1. The molecule has 4 rings (SSSR count). The first-order chi connectivity index (χ1) is 15.8. The predicted molar refractivity (Wildman–Crippen MR) is 121 cm³/mol. The van der Waals surface area contributed by atoms with Crippen LogP contribution in [0.4, 0.5) is 24.5 Å². The van der Waals surface area contributed by atoms with Crippen molar-refractivity contribution in [1.82, 2.24) is 10.2 Å². The first kappa shape index (κ1) is 23.6. The number of anilines is 2. The molecule has 174 valence electrons. The predicted octanol–water partition coefficient (Wildman–Crippen LogP) is 5.09. The van der Waals surface area contributed by atoms with Gasteiger partial charge in [0.2, 0.25) is 11.8 Å². The summed E-state index contributed by atoms with van der Waals surface area (Å²) in [6.45, 7) is 1.96. The Balaban J connectivity index is 1.44. The first-order valence-electron chi connectivity index (χ1n) is 9.85. The Bertz CT molecular complexity index is 1120. The third-order valence-electron chi connectivity index (χ3n) is 4.77. The van der Waals surface area contributed by atoms with E-state index in [0.29, 0.717) is 37.9 Å². The van der Waals surface area contributed by atoms with Crippen molar-refractivity contribution in [3.8, 4) is 11.5 Å². The smallest absolute Gasteiger partial charge is 0.411 e. The second kappa shape index (κ2) is 10.1. The zero-order chi connectivity index (χ0) is 23.4. The minimum atomic E-state index is -4.52. The highest BCUT2D eigenvalue weighted by Crippen LogP contribution is 2.36. The van der Waals surface area contributed by atoms with Crippen LogP contribution >= 0.6 is 27.7 Å². The van der Waals surface area contributed by atoms with Gasteiger partial charge < -0.3 is 19.4 Å². The molecule has 1 saturated heterocycles. The van der Waals surface area contributed by atoms with E-state index < -0.39 is 17.6 Å². The molecule has 1 aromatic heterocycles. The Labute approximate surface area is 199 Å². The summed E-state index contributed by atoms with van der Waals surface area (Å²) in [5.41, 5.74) is 0.498. The molecule has 0 atom stereocenters. The van der Waals surface area contributed by atoms with Crippen LogP contribution in [-0.4, -0.2) is 48.2 Å². The van der Waals surface area contributed by atoms with Crippen LogP contribution in [0.2, 0.25) is 0 Å². The van der Waals surface area contributed by atoms with Gasteiger partial charge in [-0.25, -0.2) is 0 Å². The average Bonchev–Trinajstić information content (AvgIpc) is 3.27. The zero-order valence-electron chi connectivity index (χ0n) is 17.1. The van der Waals surface area contributed by atoms with Crippen LogP contribution in [0.15, 0.2) is 56.6 Å². The fraction of sp³-hybridized carbons (Fsp3) is 0.286. The Morgan fingerprint density at radius 1 is 1.12 bits per heavy atom. The number of nitrogens with zero attached hydrogens (tertiary/aromatic N) is 3. The highest BCUT2D eigenvalue weighted by molar-refractivity contribution is 9.10. The molecule has 12 heteroatoms. The molecule has 7 nitrogen and oxygen atoms in total. The molecule has 0 unspecified atom stereocenters. The SMILES string of the molecule is O=C(CSc1nnc(-c2ccc(Br)cc2)o1)Nc1cc(C(F)(F)F)ccc1N1CCOCC1. The van der Waals surface area contributed by atoms with Gasteiger partial charge in [0.1, 0.15) is 0 Å². The van der Waals surface area contributed by atoms with E-state index >= 15 is 0 Å². The summed E-state index contributed by atoms with van der Waals surface area (Å²) in [5.74, 6) is -0.295. The third-order valence-corrected chi connectivity index (χ3v) is 6.12. The molecule has 1 N–H and O–H groups in total. The number of benzene rings is 2. The maximum Gasteiger partial charge on any atom is 0.416 e. The summed E-state index contributed by atoms with van der Waals surface area (Å²) >= 11 is 4.35. The van der Waals surface area contributed by atoms with E-state index in [4.69, 9.17) is 9.15 Å². The van der Waals surface area contributed by atoms with Crippen LogP contribution in [0, 0.1) is 0 Å². The van der Waals surface area contributed by atoms with Gasteiger partial charge in [0.15, 0.2) is 0 Å². The lowest BCUT2D eigenvalue weighted by atomic mass is 10.1. The van der Waals surface area contributed by atoms with Crippen LogP contribution in [0.25, 0.3) is 11.5 Å². The molecule has 0 saturated carbocycles. The normalized spacial score (nSPS) is 14.4. The van der Waals surface area contributed by atoms with Crippen molar-refractivity contribution in [2.45, 2.75) is 11.4 Å². The van der Waals surface area contributed by atoms with E-state index in [1.165, 1.54) is 6.07 Å². The minimum absolute atomic E-state index is 0.0957. The standard InChI is InChI=1S/C21H18BrF3N4O3S/c22-15-4-1-13(2-5-15)19-27-28-20(32-19)33-12-18(30)26-16-11-14(21(23,24)25)3-6-17(16)29-7-9-31-10-8-29/h1-6,11H,7-10,12H2,(H,26,30). The summed E-state index contributed by atoms with van der Waals surface area (Å²) in [6.07, 6.45) is -4.52. The third kappa shape index (κ3) is 6.06. The number of alkyl halides is 3. The van der Waals surface area contributed by atoms with Crippen molar-refractivity contribution >= 4 is 45.0 Å². The minimum Gasteiger partial charge on any atom is -0.411 e. The lowest BCUT2D eigenvalue weighted by Crippen LogP contribution is -2.37. The summed E-state index contributed by atoms with van der Waals surface area (Å²) in [6, 6.07) is 10.6. The summed E-state index contributed by atoms with van der Waals surface area (Å²) in [5, 5.41) is 10.7. The van der Waals surface area contributed by atoms with E-state index in [-0.39, 0.29) is 16.7 Å². The number of morpholine rings is 1. The molecule has 3 aromatic rings. The van der Waals surface area contributed by atoms with Crippen LogP contribution in [-0.2, 0) is 15.7 Å². The summed E-state index contributed by atoms with van der Waals surface area (Å²) in [7, 11) is 0. The molecule has 0 radical (unpaired) electrons. The largest absolute Gasteiger partial charge is 0.416 e. The van der Waals surface area contributed by atoms with Gasteiger partial charge in [0.25, 0.3) is 5.22 Å². The molecular formula is C21H18BrF3N4O3S. The van der Waals surface area contributed by atoms with Crippen molar-refractivity contribution in [3.63, 3.8) is 0 Å². The van der Waals surface area contributed by atoms with E-state index in [9.17, 15) is 18.0 Å². The van der Waals surface area contributed by atoms with Gasteiger partial charge in [-0.1, -0.05) is 27.7 Å². The second-order valence-corrected chi connectivity index (χ2v) is 8.89. The molecule has 2 heterocycles. The topological polar surface area (TPSA) is 80.5 Å². The molecule has 0 aliphatic carbocycles. The second-order valence-electron chi connectivity index (χ2n) is 7.05. The van der Waals surface area contributed by atoms with E-state index in [1.807, 2.05) is 17.0 Å². The number of halogens is 4. The molecular weight excluding hydrogens is 525 g/mol. The van der Waals surface area contributed by atoms with Crippen LogP contribution in [0.1, 0.15) is 5.56 Å². The van der Waals surface area contributed by atoms with E-state index in [0.717, 1.165) is 33.9 Å². The van der Waals surface area contributed by atoms with Gasteiger partial charge in [0, 0.05) is 23.1 Å². The van der Waals surface area contributed by atoms with Crippen molar-refractivity contribution in [1.29, 1.82) is 0 Å². The molecule has 2 aromatic carbocycles. The molecule has 33 heavy (non-hydrogen) atoms. The Kier molecular flexibility index (Phi) is 7.25. The zero-order valence-corrected chi connectivity index (χ0v) is 19.5. The van der Waals surface area contributed by atoms with Gasteiger partial charge in [0.05, 0.1) is 35.9 Å². The highest BCUT2D eigenvalue weighted by Gasteiger charge is 2.32. The Hall–Kier alpha value is -2.57. The fourth-order valence-corrected chi connectivity index (χ4v) is 4.01. The molecule has 1 fully saturated rings. The number of carbonyl (C=O) groups is 1. The maximum absolute atomic E-state index is 13.2. The fourth-order valence-electron chi connectivity index (χ4n) is 3.18. The average molecular weight is 543 g/mol. The summed E-state index contributed by atoms with van der Waals surface area (Å²) < 4.78 is 51.5. The van der Waals surface area contributed by atoms with Crippen LogP contribution in [0.5, 0.6) is 0 Å². The molecule has 1 aliphatic heterocycles. The van der Waals surface area contributed by atoms with Gasteiger partial charge in [-0.05, 0) is 42.5 Å². The quantitative estimate of drug-likeness (QED) is 0.434. The van der Waals surface area contributed by atoms with Crippen LogP contribution < -0.4 is 10.2 Å². The van der Waals surface area contributed by atoms with Crippen LogP contribution in [0.3, 0.4) is 0 Å². The number of hydrogen-bond donors (Lipinski definition) is 1. The number of rotatable bonds is 6. The molecule has 0 bridgehead atoms. The molecule has 1 aliphatic rings. The van der Waals surface area contributed by atoms with Crippen molar-refractivity contribution in [3.05, 3.63) is 52.5 Å². The first-order valence-corrected chi connectivity index (χ1v) is 11.6. The lowest BCUT2D eigenvalue weighted by Gasteiger charge is -2.31. The number of amides is 1. The van der Waals surface area contributed by atoms with Crippen molar-refractivity contribution in [2.24, 2.45) is 0 Å². The van der Waals surface area contributed by atoms with Gasteiger partial charge in [-0.3, -0.25) is 4.79 Å². The molecule has 1 amide bonds. The van der Waals surface area contributed by atoms with Gasteiger partial charge >= 0.3 is 6.18 Å². The number of carbonyl (C=O) groups excluding carboxylic acids is 1. The number of thioether (sulfide) groups is 1. The Morgan fingerprint density at radius 3 is 2.55 bits per heavy atom. The van der Waals surface area contributed by atoms with Gasteiger partial charge in [-0.15, -0.1) is 10.2 Å². The Morgan fingerprint density at radius 2 is 1.85 bits per heavy atom. The van der Waals surface area contributed by atoms with E-state index in [2.05, 4.69) is 31.4 Å².